The molecular weight excluding hydrogens is 471 g/mol. The highest BCUT2D eigenvalue weighted by Gasteiger charge is 2.46. The van der Waals surface area contributed by atoms with Crippen LogP contribution in [0.5, 0.6) is 0 Å². The van der Waals surface area contributed by atoms with Crippen molar-refractivity contribution in [3.05, 3.63) is 11.6 Å². The van der Waals surface area contributed by atoms with Crippen LogP contribution in [0, 0.1) is 0 Å². The smallest absolute Gasteiger partial charge is 0.363 e. The van der Waals surface area contributed by atoms with Crippen molar-refractivity contribution in [1.82, 2.24) is 24.8 Å². The predicted octanol–water partition coefficient (Wildman–Crippen LogP) is -0.813. The maximum atomic E-state index is 11.9. The number of carbonyl (C=O) groups excluding carboxylic acids is 1. The van der Waals surface area contributed by atoms with Gasteiger partial charge in [0.05, 0.1) is 12.9 Å². The van der Waals surface area contributed by atoms with Gasteiger partial charge in [0.25, 0.3) is 5.91 Å². The van der Waals surface area contributed by atoms with Gasteiger partial charge in [-0.1, -0.05) is 0 Å². The third-order valence-corrected chi connectivity index (χ3v) is 5.81. The Balaban J connectivity index is 1.81. The molecule has 1 saturated heterocycles. The van der Waals surface area contributed by atoms with E-state index in [1.807, 2.05) is 6.92 Å². The third kappa shape index (κ3) is 5.02. The number of hydrogen-bond donors (Lipinski definition) is 6. The van der Waals surface area contributed by atoms with E-state index in [9.17, 15) is 29.4 Å². The van der Waals surface area contributed by atoms with Gasteiger partial charge < -0.3 is 40.1 Å². The van der Waals surface area contributed by atoms with Gasteiger partial charge in [0.15, 0.2) is 23.2 Å². The molecule has 32 heavy (non-hydrogen) atoms. The predicted molar refractivity (Wildman–Crippen MR) is 111 cm³/mol. The van der Waals surface area contributed by atoms with Crippen LogP contribution in [-0.2, 0) is 18.8 Å². The minimum atomic E-state index is -4.95. The molecule has 0 bridgehead atoms. The first-order valence-corrected chi connectivity index (χ1v) is 11.7. The number of ether oxygens (including phenoxy) is 2. The molecule has 16 heteroatoms. The van der Waals surface area contributed by atoms with Crippen LogP contribution in [0.2, 0.25) is 5.28 Å². The number of carbonyl (C=O) groups is 1. The van der Waals surface area contributed by atoms with Gasteiger partial charge in [0.2, 0.25) is 11.1 Å². The van der Waals surface area contributed by atoms with Crippen LogP contribution >= 0.6 is 19.2 Å². The number of aliphatic hydroxyl groups excluding tert-OH is 2. The number of amides is 1. The lowest BCUT2D eigenvalue weighted by Gasteiger charge is -2.21. The molecule has 2 aromatic rings. The fourth-order valence-corrected chi connectivity index (χ4v) is 4.08. The molecule has 0 unspecified atom stereocenters. The molecule has 2 aromatic heterocycles. The molecule has 0 radical (unpaired) electrons. The van der Waals surface area contributed by atoms with Crippen molar-refractivity contribution in [2.24, 2.45) is 0 Å². The number of halogens is 1. The highest BCUT2D eigenvalue weighted by Crippen LogP contribution is 2.42. The van der Waals surface area contributed by atoms with Crippen LogP contribution in [0.4, 0.5) is 5.82 Å². The normalized spacial score (nSPS) is 24.6. The summed E-state index contributed by atoms with van der Waals surface area (Å²) in [6, 6.07) is 0. The number of nitrogens with zero attached hydrogens (tertiary/aromatic N) is 4. The van der Waals surface area contributed by atoms with Crippen LogP contribution in [0.3, 0.4) is 0 Å². The Morgan fingerprint density at radius 1 is 1.31 bits per heavy atom. The second-order valence-corrected chi connectivity index (χ2v) is 8.90. The van der Waals surface area contributed by atoms with E-state index in [1.165, 1.54) is 10.9 Å². The number of aromatic nitrogens is 4. The number of rotatable bonds is 9. The molecule has 1 aliphatic rings. The summed E-state index contributed by atoms with van der Waals surface area (Å²) in [4.78, 5) is 43.1. The molecule has 3 heterocycles. The standard InChI is InChI=1S/C16H24ClN6O8P/c1-3-18-11-8-12(22-16(17)21-11)23(6-20-8)14-10(25)9(24)7(31-14)5-30-15(32(27,28)29)13(26)19-4-2/h6-7,9-10,14-15,24-25H,3-5H2,1-2H3,(H,19,26)(H,18,21,22)(H2,27,28,29)/t7-,9-,10-,14-,15+/m1/s1. The Bertz CT molecular complexity index is 1020. The molecule has 0 aliphatic carbocycles. The summed E-state index contributed by atoms with van der Waals surface area (Å²) >= 11 is 5.98. The Hall–Kier alpha value is -1.90. The van der Waals surface area contributed by atoms with E-state index in [-0.39, 0.29) is 17.5 Å². The summed E-state index contributed by atoms with van der Waals surface area (Å²) < 4.78 is 23.7. The van der Waals surface area contributed by atoms with Crippen LogP contribution in [0.15, 0.2) is 6.33 Å². The van der Waals surface area contributed by atoms with Crippen molar-refractivity contribution in [2.75, 3.05) is 25.0 Å². The number of likely N-dealkylation sites (N-methyl/N-ethyl adjacent to an activating group) is 1. The van der Waals surface area contributed by atoms with Gasteiger partial charge in [0, 0.05) is 13.1 Å². The van der Waals surface area contributed by atoms with Crippen molar-refractivity contribution in [3.63, 3.8) is 0 Å². The molecule has 0 saturated carbocycles. The second kappa shape index (κ2) is 9.93. The van der Waals surface area contributed by atoms with Gasteiger partial charge in [-0.2, -0.15) is 9.97 Å². The molecular formula is C16H24ClN6O8P. The van der Waals surface area contributed by atoms with Crippen molar-refractivity contribution in [1.29, 1.82) is 0 Å². The highest BCUT2D eigenvalue weighted by atomic mass is 35.5. The summed E-state index contributed by atoms with van der Waals surface area (Å²) in [5, 5.41) is 26.1. The molecule has 178 valence electrons. The average molecular weight is 495 g/mol. The summed E-state index contributed by atoms with van der Waals surface area (Å²) in [6.45, 7) is 3.53. The van der Waals surface area contributed by atoms with Crippen LogP contribution in [0.1, 0.15) is 20.1 Å². The quantitative estimate of drug-likeness (QED) is 0.187. The number of anilines is 1. The first kappa shape index (κ1) is 24.7. The molecule has 3 rings (SSSR count). The van der Waals surface area contributed by atoms with Gasteiger partial charge >= 0.3 is 7.60 Å². The second-order valence-electron chi connectivity index (χ2n) is 6.91. The maximum Gasteiger partial charge on any atom is 0.363 e. The lowest BCUT2D eigenvalue weighted by Crippen LogP contribution is -2.40. The van der Waals surface area contributed by atoms with Gasteiger partial charge in [-0.15, -0.1) is 0 Å². The van der Waals surface area contributed by atoms with E-state index in [0.29, 0.717) is 17.9 Å². The molecule has 14 nitrogen and oxygen atoms in total. The summed E-state index contributed by atoms with van der Waals surface area (Å²) in [5.74, 6) is -2.72. The lowest BCUT2D eigenvalue weighted by molar-refractivity contribution is -0.132. The van der Waals surface area contributed by atoms with Crippen molar-refractivity contribution < 1.29 is 38.8 Å². The molecule has 1 amide bonds. The Morgan fingerprint density at radius 3 is 2.66 bits per heavy atom. The minimum absolute atomic E-state index is 0.0745. The Kier molecular flexibility index (Phi) is 7.68. The molecule has 0 spiro atoms. The fraction of sp³-hybridized carbons (Fsp3) is 0.625. The van der Waals surface area contributed by atoms with Gasteiger partial charge in [0.1, 0.15) is 18.3 Å². The third-order valence-electron chi connectivity index (χ3n) is 4.65. The molecule has 6 N–H and O–H groups in total. The van der Waals surface area contributed by atoms with Gasteiger partial charge in [-0.3, -0.25) is 13.9 Å². The fourth-order valence-electron chi connectivity index (χ4n) is 3.24. The van der Waals surface area contributed by atoms with Crippen molar-refractivity contribution >= 4 is 42.1 Å². The highest BCUT2D eigenvalue weighted by molar-refractivity contribution is 7.53. The van der Waals surface area contributed by atoms with E-state index in [4.69, 9.17) is 21.1 Å². The van der Waals surface area contributed by atoms with Gasteiger partial charge in [-0.05, 0) is 25.4 Å². The largest absolute Gasteiger partial charge is 0.387 e. The monoisotopic (exact) mass is 494 g/mol. The van der Waals surface area contributed by atoms with E-state index >= 15 is 0 Å². The average Bonchev–Trinajstić information content (AvgIpc) is 3.23. The van der Waals surface area contributed by atoms with E-state index < -0.39 is 50.5 Å². The topological polar surface area (TPSA) is 201 Å². The number of imidazole rings is 1. The van der Waals surface area contributed by atoms with Gasteiger partial charge in [-0.25, -0.2) is 4.98 Å². The van der Waals surface area contributed by atoms with Crippen molar-refractivity contribution in [2.45, 2.75) is 44.2 Å². The van der Waals surface area contributed by atoms with Crippen molar-refractivity contribution in [3.8, 4) is 0 Å². The first-order valence-electron chi connectivity index (χ1n) is 9.68. The molecule has 5 atom stereocenters. The van der Waals surface area contributed by atoms with Crippen LogP contribution in [-0.4, -0.2) is 89.3 Å². The zero-order valence-corrected chi connectivity index (χ0v) is 18.8. The lowest BCUT2D eigenvalue weighted by atomic mass is 10.1. The van der Waals surface area contributed by atoms with E-state index in [1.54, 1.807) is 6.92 Å². The summed E-state index contributed by atoms with van der Waals surface area (Å²) in [7, 11) is -4.95. The number of hydrogen-bond acceptors (Lipinski definition) is 10. The summed E-state index contributed by atoms with van der Waals surface area (Å²) in [6.07, 6.45) is -4.00. The Labute approximate surface area is 187 Å². The molecule has 1 aliphatic heterocycles. The van der Waals surface area contributed by atoms with Crippen LogP contribution in [0.25, 0.3) is 11.2 Å². The number of nitrogens with one attached hydrogen (secondary N) is 2. The Morgan fingerprint density at radius 2 is 2.03 bits per heavy atom. The summed E-state index contributed by atoms with van der Waals surface area (Å²) in [5.41, 5.74) is 0.591. The minimum Gasteiger partial charge on any atom is -0.387 e. The molecule has 0 aromatic carbocycles. The zero-order chi connectivity index (χ0) is 23.6. The number of aliphatic hydroxyl groups is 2. The number of fused-ring (bicyclic) bond motifs is 1. The van der Waals surface area contributed by atoms with E-state index in [2.05, 4.69) is 25.6 Å². The maximum absolute atomic E-state index is 11.9. The van der Waals surface area contributed by atoms with E-state index in [0.717, 1.165) is 0 Å². The SMILES string of the molecule is CCNC(=O)[C@@H](OC[C@H]1O[C@@H](n2cnc3c(NCC)nc(Cl)nc32)[C@H](O)[C@@H]1O)P(=O)(O)O. The molecule has 1 fully saturated rings. The van der Waals surface area contributed by atoms with Crippen LogP contribution < -0.4 is 10.6 Å². The first-order chi connectivity index (χ1) is 15.1. The zero-order valence-electron chi connectivity index (χ0n) is 17.1.